The van der Waals surface area contributed by atoms with E-state index >= 15 is 0 Å². The SMILES string of the molecule is CCC(C)N1C(=O)S/C(=C/c2ccc(OCC(=O)Nc3ccc(F)cc3)c(OC)c2)C1=O. The number of amides is 3. The van der Waals surface area contributed by atoms with E-state index in [0.717, 1.165) is 11.8 Å². The van der Waals surface area contributed by atoms with Crippen LogP contribution in [0.3, 0.4) is 0 Å². The van der Waals surface area contributed by atoms with Gasteiger partial charge in [-0.2, -0.15) is 0 Å². The molecule has 3 amide bonds. The molecule has 0 aromatic heterocycles. The van der Waals surface area contributed by atoms with E-state index in [9.17, 15) is 18.8 Å². The van der Waals surface area contributed by atoms with Crippen molar-refractivity contribution in [3.05, 3.63) is 58.8 Å². The molecule has 168 valence electrons. The van der Waals surface area contributed by atoms with E-state index in [-0.39, 0.29) is 23.8 Å². The molecule has 2 aromatic rings. The molecule has 1 aliphatic heterocycles. The van der Waals surface area contributed by atoms with Gasteiger partial charge in [0.05, 0.1) is 12.0 Å². The molecule has 9 heteroatoms. The number of carbonyl (C=O) groups is 3. The molecule has 2 aromatic carbocycles. The quantitative estimate of drug-likeness (QED) is 0.578. The van der Waals surface area contributed by atoms with Crippen LogP contribution in [0.5, 0.6) is 11.5 Å². The fraction of sp³-hybridized carbons (Fsp3) is 0.261. The number of thioether (sulfide) groups is 1. The van der Waals surface area contributed by atoms with Crippen LogP contribution in [0.15, 0.2) is 47.4 Å². The molecule has 3 rings (SSSR count). The predicted molar refractivity (Wildman–Crippen MR) is 121 cm³/mol. The second kappa shape index (κ2) is 10.3. The first-order chi connectivity index (χ1) is 15.3. The first kappa shape index (κ1) is 23.3. The summed E-state index contributed by atoms with van der Waals surface area (Å²) in [6.45, 7) is 3.47. The van der Waals surface area contributed by atoms with E-state index in [0.29, 0.717) is 34.1 Å². The highest BCUT2D eigenvalue weighted by atomic mass is 32.2. The smallest absolute Gasteiger partial charge is 0.293 e. The number of hydrogen-bond acceptors (Lipinski definition) is 6. The molecular formula is C23H23FN2O5S. The average molecular weight is 459 g/mol. The number of hydrogen-bond donors (Lipinski definition) is 1. The van der Waals surface area contributed by atoms with Crippen LogP contribution < -0.4 is 14.8 Å². The summed E-state index contributed by atoms with van der Waals surface area (Å²) < 4.78 is 23.8. The van der Waals surface area contributed by atoms with Gasteiger partial charge < -0.3 is 14.8 Å². The second-order valence-corrected chi connectivity index (χ2v) is 8.06. The third kappa shape index (κ3) is 5.47. The van der Waals surface area contributed by atoms with E-state index in [2.05, 4.69) is 5.32 Å². The van der Waals surface area contributed by atoms with Crippen molar-refractivity contribution in [2.45, 2.75) is 26.3 Å². The lowest BCUT2D eigenvalue weighted by Crippen LogP contribution is -2.36. The Morgan fingerprint density at radius 2 is 1.91 bits per heavy atom. The Bertz CT molecular complexity index is 1050. The zero-order valence-corrected chi connectivity index (χ0v) is 18.7. The number of ether oxygens (including phenoxy) is 2. The van der Waals surface area contributed by atoms with Gasteiger partial charge >= 0.3 is 0 Å². The van der Waals surface area contributed by atoms with Crippen LogP contribution >= 0.6 is 11.8 Å². The van der Waals surface area contributed by atoms with Crippen molar-refractivity contribution in [2.75, 3.05) is 19.0 Å². The van der Waals surface area contributed by atoms with E-state index in [1.54, 1.807) is 24.3 Å². The van der Waals surface area contributed by atoms with Crippen molar-refractivity contribution in [3.63, 3.8) is 0 Å². The van der Waals surface area contributed by atoms with E-state index in [1.807, 2.05) is 13.8 Å². The molecule has 1 aliphatic rings. The molecule has 1 unspecified atom stereocenters. The summed E-state index contributed by atoms with van der Waals surface area (Å²) in [6, 6.07) is 10.2. The number of rotatable bonds is 8. The summed E-state index contributed by atoms with van der Waals surface area (Å²) >= 11 is 0.904. The summed E-state index contributed by atoms with van der Waals surface area (Å²) in [7, 11) is 1.46. The van der Waals surface area contributed by atoms with E-state index in [4.69, 9.17) is 9.47 Å². The van der Waals surface area contributed by atoms with Gasteiger partial charge in [0.1, 0.15) is 5.82 Å². The topological polar surface area (TPSA) is 84.9 Å². The Balaban J connectivity index is 1.67. The van der Waals surface area contributed by atoms with Crippen LogP contribution in [-0.4, -0.2) is 41.7 Å². The summed E-state index contributed by atoms with van der Waals surface area (Å²) in [5.41, 5.74) is 1.10. The first-order valence-corrected chi connectivity index (χ1v) is 10.8. The van der Waals surface area contributed by atoms with Crippen LogP contribution in [0.25, 0.3) is 6.08 Å². The van der Waals surface area contributed by atoms with Gasteiger partial charge in [-0.1, -0.05) is 13.0 Å². The largest absolute Gasteiger partial charge is 0.493 e. The second-order valence-electron chi connectivity index (χ2n) is 7.06. The number of benzene rings is 2. The molecule has 1 N–H and O–H groups in total. The molecule has 0 radical (unpaired) electrons. The van der Waals surface area contributed by atoms with Gasteiger partial charge in [0.15, 0.2) is 18.1 Å². The number of nitrogens with zero attached hydrogens (tertiary/aromatic N) is 1. The van der Waals surface area contributed by atoms with Crippen LogP contribution in [-0.2, 0) is 9.59 Å². The lowest BCUT2D eigenvalue weighted by molar-refractivity contribution is -0.124. The minimum atomic E-state index is -0.415. The average Bonchev–Trinajstić information content (AvgIpc) is 3.06. The molecule has 1 atom stereocenters. The molecule has 1 heterocycles. The highest BCUT2D eigenvalue weighted by Crippen LogP contribution is 2.35. The van der Waals surface area contributed by atoms with E-state index < -0.39 is 11.7 Å². The normalized spacial score (nSPS) is 15.8. The highest BCUT2D eigenvalue weighted by Gasteiger charge is 2.37. The number of nitrogens with one attached hydrogen (secondary N) is 1. The Hall–Kier alpha value is -3.33. The molecule has 0 spiro atoms. The van der Waals surface area contributed by atoms with Gasteiger partial charge in [-0.25, -0.2) is 4.39 Å². The molecular weight excluding hydrogens is 435 g/mol. The fourth-order valence-corrected chi connectivity index (χ4v) is 3.89. The molecule has 0 saturated carbocycles. The summed E-state index contributed by atoms with van der Waals surface area (Å²) in [4.78, 5) is 38.5. The molecule has 32 heavy (non-hydrogen) atoms. The lowest BCUT2D eigenvalue weighted by atomic mass is 10.1. The Morgan fingerprint density at radius 1 is 1.19 bits per heavy atom. The molecule has 1 saturated heterocycles. The zero-order chi connectivity index (χ0) is 23.3. The van der Waals surface area contributed by atoms with Crippen molar-refractivity contribution < 1.29 is 28.2 Å². The van der Waals surface area contributed by atoms with Crippen LogP contribution in [0.2, 0.25) is 0 Å². The van der Waals surface area contributed by atoms with Gasteiger partial charge in [-0.15, -0.1) is 0 Å². The first-order valence-electron chi connectivity index (χ1n) is 9.95. The summed E-state index contributed by atoms with van der Waals surface area (Å²) in [6.07, 6.45) is 2.31. The molecule has 7 nitrogen and oxygen atoms in total. The van der Waals surface area contributed by atoms with Gasteiger partial charge in [-0.05, 0) is 73.1 Å². The van der Waals surface area contributed by atoms with Crippen molar-refractivity contribution in [1.29, 1.82) is 0 Å². The summed E-state index contributed by atoms with van der Waals surface area (Å²) in [5.74, 6) is -0.414. The molecule has 1 fully saturated rings. The minimum absolute atomic E-state index is 0.167. The predicted octanol–water partition coefficient (Wildman–Crippen LogP) is 4.69. The lowest BCUT2D eigenvalue weighted by Gasteiger charge is -2.19. The molecule has 0 aliphatic carbocycles. The maximum atomic E-state index is 13.0. The molecule has 0 bridgehead atoms. The van der Waals surface area contributed by atoms with Gasteiger partial charge in [0.2, 0.25) is 0 Å². The fourth-order valence-electron chi connectivity index (χ4n) is 2.96. The number of carbonyl (C=O) groups excluding carboxylic acids is 3. The monoisotopic (exact) mass is 458 g/mol. The Labute approximate surface area is 189 Å². The number of anilines is 1. The maximum absolute atomic E-state index is 13.0. The minimum Gasteiger partial charge on any atom is -0.493 e. The summed E-state index contributed by atoms with van der Waals surface area (Å²) in [5, 5.41) is 2.32. The van der Waals surface area contributed by atoms with Gasteiger partial charge in [0, 0.05) is 11.7 Å². The number of imide groups is 1. The standard InChI is InChI=1S/C23H23FN2O5S/c1-4-14(2)26-22(28)20(32-23(26)29)12-15-5-10-18(19(11-15)30-3)31-13-21(27)25-17-8-6-16(24)7-9-17/h5-12,14H,4,13H2,1-3H3,(H,25,27)/b20-12+. The van der Waals surface area contributed by atoms with Crippen molar-refractivity contribution in [2.24, 2.45) is 0 Å². The Morgan fingerprint density at radius 3 is 2.56 bits per heavy atom. The van der Waals surface area contributed by atoms with Crippen molar-refractivity contribution >= 4 is 40.6 Å². The van der Waals surface area contributed by atoms with Crippen LogP contribution in [0.4, 0.5) is 14.9 Å². The van der Waals surface area contributed by atoms with Crippen LogP contribution in [0.1, 0.15) is 25.8 Å². The van der Waals surface area contributed by atoms with Crippen molar-refractivity contribution in [1.82, 2.24) is 4.90 Å². The van der Waals surface area contributed by atoms with Crippen molar-refractivity contribution in [3.8, 4) is 11.5 Å². The Kier molecular flexibility index (Phi) is 7.53. The highest BCUT2D eigenvalue weighted by molar-refractivity contribution is 8.18. The third-order valence-corrected chi connectivity index (χ3v) is 5.71. The number of methoxy groups -OCH3 is 1. The third-order valence-electron chi connectivity index (χ3n) is 4.83. The zero-order valence-electron chi connectivity index (χ0n) is 17.9. The van der Waals surface area contributed by atoms with Gasteiger partial charge in [-0.3, -0.25) is 19.3 Å². The van der Waals surface area contributed by atoms with E-state index in [1.165, 1.54) is 36.3 Å². The maximum Gasteiger partial charge on any atom is 0.293 e. The van der Waals surface area contributed by atoms with Gasteiger partial charge in [0.25, 0.3) is 17.1 Å². The number of halogens is 1. The van der Waals surface area contributed by atoms with Crippen LogP contribution in [0, 0.1) is 5.82 Å².